The maximum Gasteiger partial charge on any atom is 0.150 e. The number of hydrogen-bond acceptors (Lipinski definition) is 4. The molecule has 0 radical (unpaired) electrons. The number of hydrogen-bond donors (Lipinski definition) is 1. The number of aromatic nitrogens is 1. The van der Waals surface area contributed by atoms with Crippen LogP contribution in [0.3, 0.4) is 0 Å². The Morgan fingerprint density at radius 2 is 1.86 bits per heavy atom. The fraction of sp³-hybridized carbons (Fsp3) is 0.471. The molecule has 3 rings (SSSR count). The topological polar surface area (TPSA) is 41.3 Å². The van der Waals surface area contributed by atoms with Crippen molar-refractivity contribution in [3.63, 3.8) is 0 Å². The second-order valence-electron chi connectivity index (χ2n) is 5.75. The number of benzene rings is 1. The molecule has 0 unspecified atom stereocenters. The molecular formula is C17H23N3O. The van der Waals surface area contributed by atoms with Crippen LogP contribution in [0.5, 0.6) is 0 Å². The van der Waals surface area contributed by atoms with Crippen molar-refractivity contribution in [2.45, 2.75) is 39.3 Å². The van der Waals surface area contributed by atoms with Gasteiger partial charge in [-0.25, -0.2) is 0 Å². The third-order valence-corrected chi connectivity index (χ3v) is 3.96. The molecule has 1 aliphatic heterocycles. The summed E-state index contributed by atoms with van der Waals surface area (Å²) in [4.78, 5) is 2.48. The summed E-state index contributed by atoms with van der Waals surface area (Å²) in [5.41, 5.74) is 3.58. The molecule has 1 aromatic carbocycles. The van der Waals surface area contributed by atoms with Crippen LogP contribution in [0, 0.1) is 6.92 Å². The first-order chi connectivity index (χ1) is 10.3. The Morgan fingerprint density at radius 3 is 2.52 bits per heavy atom. The van der Waals surface area contributed by atoms with Crippen LogP contribution in [0.2, 0.25) is 0 Å². The average molecular weight is 285 g/mol. The van der Waals surface area contributed by atoms with Gasteiger partial charge in [-0.2, -0.15) is 0 Å². The first-order valence-electron chi connectivity index (χ1n) is 7.78. The smallest absolute Gasteiger partial charge is 0.150 e. The Balaban J connectivity index is 1.49. The van der Waals surface area contributed by atoms with Crippen molar-refractivity contribution in [2.75, 3.05) is 18.0 Å². The quantitative estimate of drug-likeness (QED) is 0.915. The van der Waals surface area contributed by atoms with Crippen molar-refractivity contribution in [1.82, 2.24) is 10.5 Å². The van der Waals surface area contributed by atoms with Crippen molar-refractivity contribution in [2.24, 2.45) is 0 Å². The van der Waals surface area contributed by atoms with Crippen LogP contribution in [0.25, 0.3) is 0 Å². The molecule has 0 saturated carbocycles. The van der Waals surface area contributed by atoms with Gasteiger partial charge < -0.3 is 14.7 Å². The van der Waals surface area contributed by atoms with E-state index in [4.69, 9.17) is 4.52 Å². The Hall–Kier alpha value is -1.81. The summed E-state index contributed by atoms with van der Waals surface area (Å²) >= 11 is 0. The molecule has 4 nitrogen and oxygen atoms in total. The van der Waals surface area contributed by atoms with Gasteiger partial charge in [0.1, 0.15) is 0 Å². The SMILES string of the molecule is Cc1cc(CNCc2ccc(N3CCCCC3)cc2)on1. The second-order valence-corrected chi connectivity index (χ2v) is 5.75. The third-order valence-electron chi connectivity index (χ3n) is 3.96. The lowest BCUT2D eigenvalue weighted by atomic mass is 10.1. The highest BCUT2D eigenvalue weighted by Crippen LogP contribution is 2.20. The zero-order valence-corrected chi connectivity index (χ0v) is 12.6. The highest BCUT2D eigenvalue weighted by Gasteiger charge is 2.10. The van der Waals surface area contributed by atoms with Crippen LogP contribution in [0.1, 0.15) is 36.3 Å². The lowest BCUT2D eigenvalue weighted by Gasteiger charge is -2.28. The summed E-state index contributed by atoms with van der Waals surface area (Å²) in [7, 11) is 0. The van der Waals surface area contributed by atoms with E-state index in [1.54, 1.807) is 0 Å². The van der Waals surface area contributed by atoms with E-state index in [2.05, 4.69) is 39.6 Å². The van der Waals surface area contributed by atoms with Crippen LogP contribution < -0.4 is 10.2 Å². The van der Waals surface area contributed by atoms with Gasteiger partial charge in [-0.05, 0) is 43.9 Å². The van der Waals surface area contributed by atoms with Crippen LogP contribution >= 0.6 is 0 Å². The standard InChI is InChI=1S/C17H23N3O/c1-14-11-17(21-19-14)13-18-12-15-5-7-16(8-6-15)20-9-3-2-4-10-20/h5-8,11,18H,2-4,9-10,12-13H2,1H3. The van der Waals surface area contributed by atoms with Gasteiger partial charge in [0.25, 0.3) is 0 Å². The highest BCUT2D eigenvalue weighted by atomic mass is 16.5. The summed E-state index contributed by atoms with van der Waals surface area (Å²) in [5.74, 6) is 0.887. The third kappa shape index (κ3) is 3.85. The van der Waals surface area contributed by atoms with Crippen LogP contribution in [-0.4, -0.2) is 18.2 Å². The molecule has 1 aliphatic rings. The maximum atomic E-state index is 5.18. The molecule has 21 heavy (non-hydrogen) atoms. The zero-order chi connectivity index (χ0) is 14.5. The number of rotatable bonds is 5. The first kappa shape index (κ1) is 14.1. The molecule has 1 N–H and O–H groups in total. The minimum absolute atomic E-state index is 0.717. The van der Waals surface area contributed by atoms with E-state index in [0.717, 1.165) is 18.0 Å². The molecule has 1 fully saturated rings. The van der Waals surface area contributed by atoms with E-state index >= 15 is 0 Å². The Kier molecular flexibility index (Phi) is 4.55. The normalized spacial score (nSPS) is 15.4. The first-order valence-corrected chi connectivity index (χ1v) is 7.78. The number of piperidine rings is 1. The maximum absolute atomic E-state index is 5.18. The van der Waals surface area contributed by atoms with Gasteiger partial charge in [-0.1, -0.05) is 17.3 Å². The number of nitrogens with zero attached hydrogens (tertiary/aromatic N) is 2. The lowest BCUT2D eigenvalue weighted by molar-refractivity contribution is 0.369. The Labute approximate surface area is 126 Å². The van der Waals surface area contributed by atoms with E-state index in [9.17, 15) is 0 Å². The van der Waals surface area contributed by atoms with E-state index < -0.39 is 0 Å². The van der Waals surface area contributed by atoms with Gasteiger partial charge in [0.15, 0.2) is 5.76 Å². The number of nitrogens with one attached hydrogen (secondary N) is 1. The largest absolute Gasteiger partial charge is 0.372 e. The molecular weight excluding hydrogens is 262 g/mol. The van der Waals surface area contributed by atoms with Gasteiger partial charge in [0.05, 0.1) is 12.2 Å². The van der Waals surface area contributed by atoms with Crippen molar-refractivity contribution in [3.05, 3.63) is 47.3 Å². The van der Waals surface area contributed by atoms with Crippen molar-refractivity contribution < 1.29 is 4.52 Å². The van der Waals surface area contributed by atoms with Gasteiger partial charge in [-0.15, -0.1) is 0 Å². The van der Waals surface area contributed by atoms with E-state index in [0.29, 0.717) is 6.54 Å². The predicted molar refractivity (Wildman–Crippen MR) is 84.3 cm³/mol. The summed E-state index contributed by atoms with van der Waals surface area (Å²) in [5, 5.41) is 7.27. The summed E-state index contributed by atoms with van der Waals surface area (Å²) in [6.07, 6.45) is 4.01. The molecule has 0 spiro atoms. The lowest BCUT2D eigenvalue weighted by Crippen LogP contribution is -2.29. The molecule has 4 heteroatoms. The minimum atomic E-state index is 0.717. The summed E-state index contributed by atoms with van der Waals surface area (Å²) in [6, 6.07) is 10.9. The second kappa shape index (κ2) is 6.76. The monoisotopic (exact) mass is 285 g/mol. The van der Waals surface area contributed by atoms with Gasteiger partial charge >= 0.3 is 0 Å². The molecule has 0 atom stereocenters. The molecule has 1 aromatic heterocycles. The van der Waals surface area contributed by atoms with E-state index in [1.807, 2.05) is 13.0 Å². The van der Waals surface area contributed by atoms with Crippen molar-refractivity contribution >= 4 is 5.69 Å². The molecule has 0 bridgehead atoms. The number of aryl methyl sites for hydroxylation is 1. The predicted octanol–water partition coefficient (Wildman–Crippen LogP) is 3.26. The van der Waals surface area contributed by atoms with Gasteiger partial charge in [0, 0.05) is 31.4 Å². The number of anilines is 1. The summed E-state index contributed by atoms with van der Waals surface area (Å²) < 4.78 is 5.18. The van der Waals surface area contributed by atoms with Crippen molar-refractivity contribution in [1.29, 1.82) is 0 Å². The highest BCUT2D eigenvalue weighted by molar-refractivity contribution is 5.47. The molecule has 0 amide bonds. The fourth-order valence-electron chi connectivity index (χ4n) is 2.81. The van der Waals surface area contributed by atoms with E-state index in [-0.39, 0.29) is 0 Å². The van der Waals surface area contributed by atoms with Crippen LogP contribution in [0.15, 0.2) is 34.9 Å². The molecule has 2 aromatic rings. The van der Waals surface area contributed by atoms with Crippen LogP contribution in [-0.2, 0) is 13.1 Å². The van der Waals surface area contributed by atoms with Gasteiger partial charge in [0.2, 0.25) is 0 Å². The van der Waals surface area contributed by atoms with Crippen molar-refractivity contribution in [3.8, 4) is 0 Å². The Morgan fingerprint density at radius 1 is 1.10 bits per heavy atom. The molecule has 2 heterocycles. The minimum Gasteiger partial charge on any atom is -0.372 e. The average Bonchev–Trinajstić information content (AvgIpc) is 2.94. The Bertz CT molecular complexity index is 556. The zero-order valence-electron chi connectivity index (χ0n) is 12.6. The summed E-state index contributed by atoms with van der Waals surface area (Å²) in [6.45, 7) is 5.89. The van der Waals surface area contributed by atoms with Gasteiger partial charge in [-0.3, -0.25) is 0 Å². The molecule has 0 aliphatic carbocycles. The van der Waals surface area contributed by atoms with Crippen LogP contribution in [0.4, 0.5) is 5.69 Å². The molecule has 112 valence electrons. The fourth-order valence-corrected chi connectivity index (χ4v) is 2.81. The molecule has 1 saturated heterocycles. The van der Waals surface area contributed by atoms with E-state index in [1.165, 1.54) is 43.6 Å².